The monoisotopic (exact) mass is 345 g/mol. The van der Waals surface area contributed by atoms with Crippen LogP contribution in [0.2, 0.25) is 0 Å². The molecule has 3 rings (SSSR count). The lowest BCUT2D eigenvalue weighted by Crippen LogP contribution is -2.41. The molecule has 6 nitrogen and oxygen atoms in total. The van der Waals surface area contributed by atoms with Crippen LogP contribution in [0, 0.1) is 5.92 Å². The van der Waals surface area contributed by atoms with E-state index in [0.717, 1.165) is 37.8 Å². The lowest BCUT2D eigenvalue weighted by Gasteiger charge is -2.32. The van der Waals surface area contributed by atoms with Crippen molar-refractivity contribution < 1.29 is 14.3 Å². The maximum atomic E-state index is 12.6. The number of nitrogens with one attached hydrogen (secondary N) is 1. The first-order chi connectivity index (χ1) is 12.2. The first kappa shape index (κ1) is 17.9. The van der Waals surface area contributed by atoms with E-state index in [1.165, 1.54) is 0 Å². The number of rotatable bonds is 7. The van der Waals surface area contributed by atoms with Gasteiger partial charge in [-0.1, -0.05) is 0 Å². The number of hydrogen-bond acceptors (Lipinski definition) is 4. The molecule has 3 N–H and O–H groups in total. The summed E-state index contributed by atoms with van der Waals surface area (Å²) in [4.78, 5) is 26.2. The van der Waals surface area contributed by atoms with Gasteiger partial charge in [0.25, 0.3) is 5.91 Å². The van der Waals surface area contributed by atoms with Crippen LogP contribution in [0.15, 0.2) is 24.3 Å². The number of nitrogens with two attached hydrogens (primary N) is 1. The minimum Gasteiger partial charge on any atom is -0.378 e. The van der Waals surface area contributed by atoms with Gasteiger partial charge in [0.1, 0.15) is 0 Å². The molecule has 1 aliphatic carbocycles. The van der Waals surface area contributed by atoms with Gasteiger partial charge in [-0.3, -0.25) is 9.59 Å². The van der Waals surface area contributed by atoms with E-state index in [9.17, 15) is 9.59 Å². The quantitative estimate of drug-likeness (QED) is 0.740. The van der Waals surface area contributed by atoms with E-state index in [2.05, 4.69) is 5.32 Å². The maximum absolute atomic E-state index is 12.6. The molecule has 0 unspecified atom stereocenters. The van der Waals surface area contributed by atoms with E-state index < -0.39 is 0 Å². The van der Waals surface area contributed by atoms with Crippen LogP contribution in [-0.4, -0.2) is 49.1 Å². The van der Waals surface area contributed by atoms with Gasteiger partial charge in [-0.15, -0.1) is 0 Å². The Labute approximate surface area is 148 Å². The fourth-order valence-electron chi connectivity index (χ4n) is 3.03. The normalized spacial score (nSPS) is 18.2. The van der Waals surface area contributed by atoms with Gasteiger partial charge in [0.2, 0.25) is 5.91 Å². The van der Waals surface area contributed by atoms with Crippen LogP contribution in [0.3, 0.4) is 0 Å². The van der Waals surface area contributed by atoms with Crippen molar-refractivity contribution in [3.05, 3.63) is 29.8 Å². The largest absolute Gasteiger partial charge is 0.378 e. The molecule has 0 radical (unpaired) electrons. The standard InChI is InChI=1S/C19H27N3O3/c20-10-1-13-25-17-8-11-22(12-9-17)19(24)15-4-6-16(7-5-15)21-18(23)14-2-3-14/h4-7,14,17H,1-3,8-13,20H2,(H,21,23). The summed E-state index contributed by atoms with van der Waals surface area (Å²) in [5, 5.41) is 2.89. The summed E-state index contributed by atoms with van der Waals surface area (Å²) in [7, 11) is 0. The van der Waals surface area contributed by atoms with Gasteiger partial charge in [-0.25, -0.2) is 0 Å². The van der Waals surface area contributed by atoms with Gasteiger partial charge in [-0.2, -0.15) is 0 Å². The van der Waals surface area contributed by atoms with E-state index in [1.54, 1.807) is 24.3 Å². The Bertz CT molecular complexity index is 590. The molecule has 2 aliphatic rings. The minimum atomic E-state index is 0.0421. The lowest BCUT2D eigenvalue weighted by molar-refractivity contribution is -0.117. The summed E-state index contributed by atoms with van der Waals surface area (Å²) in [6, 6.07) is 7.18. The molecular weight excluding hydrogens is 318 g/mol. The molecule has 2 amide bonds. The maximum Gasteiger partial charge on any atom is 0.253 e. The van der Waals surface area contributed by atoms with E-state index in [1.807, 2.05) is 4.90 Å². The molecule has 6 heteroatoms. The van der Waals surface area contributed by atoms with Crippen LogP contribution in [0.4, 0.5) is 5.69 Å². The van der Waals surface area contributed by atoms with Crippen LogP contribution >= 0.6 is 0 Å². The van der Waals surface area contributed by atoms with Crippen LogP contribution < -0.4 is 11.1 Å². The zero-order valence-corrected chi connectivity index (χ0v) is 14.6. The number of piperidine rings is 1. The third-order valence-corrected chi connectivity index (χ3v) is 4.78. The van der Waals surface area contributed by atoms with Crippen molar-refractivity contribution in [2.75, 3.05) is 31.6 Å². The molecule has 1 aliphatic heterocycles. The first-order valence-electron chi connectivity index (χ1n) is 9.19. The highest BCUT2D eigenvalue weighted by atomic mass is 16.5. The molecule has 1 saturated carbocycles. The highest BCUT2D eigenvalue weighted by Gasteiger charge is 2.29. The molecule has 136 valence electrons. The molecule has 1 aromatic rings. The molecule has 0 bridgehead atoms. The predicted octanol–water partition coefficient (Wildman–Crippen LogP) is 2.01. The molecular formula is C19H27N3O3. The Hall–Kier alpha value is -1.92. The van der Waals surface area contributed by atoms with Gasteiger partial charge in [0, 0.05) is 36.9 Å². The number of nitrogens with zero attached hydrogens (tertiary/aromatic N) is 1. The Morgan fingerprint density at radius 1 is 1.12 bits per heavy atom. The highest BCUT2D eigenvalue weighted by molar-refractivity contribution is 5.96. The van der Waals surface area contributed by atoms with Crippen molar-refractivity contribution in [3.8, 4) is 0 Å². The number of anilines is 1. The molecule has 1 saturated heterocycles. The second-order valence-corrected chi connectivity index (χ2v) is 6.85. The van der Waals surface area contributed by atoms with Crippen molar-refractivity contribution in [1.29, 1.82) is 0 Å². The second kappa shape index (κ2) is 8.45. The molecule has 0 aromatic heterocycles. The molecule has 25 heavy (non-hydrogen) atoms. The Morgan fingerprint density at radius 2 is 1.80 bits per heavy atom. The minimum absolute atomic E-state index is 0.0421. The van der Waals surface area contributed by atoms with E-state index in [4.69, 9.17) is 10.5 Å². The number of carbonyl (C=O) groups is 2. The van der Waals surface area contributed by atoms with E-state index >= 15 is 0 Å². The van der Waals surface area contributed by atoms with Gasteiger partial charge in [0.05, 0.1) is 6.10 Å². The van der Waals surface area contributed by atoms with Gasteiger partial charge in [0.15, 0.2) is 0 Å². The third kappa shape index (κ3) is 5.03. The average Bonchev–Trinajstić information content (AvgIpc) is 3.48. The van der Waals surface area contributed by atoms with Crippen molar-refractivity contribution in [2.45, 2.75) is 38.2 Å². The second-order valence-electron chi connectivity index (χ2n) is 6.85. The smallest absolute Gasteiger partial charge is 0.253 e. The van der Waals surface area contributed by atoms with Crippen molar-refractivity contribution in [2.24, 2.45) is 11.7 Å². The van der Waals surface area contributed by atoms with Crippen molar-refractivity contribution >= 4 is 17.5 Å². The number of likely N-dealkylation sites (tertiary alicyclic amines) is 1. The molecule has 2 fully saturated rings. The van der Waals surface area contributed by atoms with Crippen LogP contribution in [0.25, 0.3) is 0 Å². The summed E-state index contributed by atoms with van der Waals surface area (Å²) >= 11 is 0. The molecule has 1 aromatic carbocycles. The zero-order chi connectivity index (χ0) is 17.6. The molecule has 0 spiro atoms. The van der Waals surface area contributed by atoms with Gasteiger partial charge < -0.3 is 20.7 Å². The SMILES string of the molecule is NCCCOC1CCN(C(=O)c2ccc(NC(=O)C3CC3)cc2)CC1. The Morgan fingerprint density at radius 3 is 2.40 bits per heavy atom. The van der Waals surface area contributed by atoms with Gasteiger partial charge >= 0.3 is 0 Å². The zero-order valence-electron chi connectivity index (χ0n) is 14.6. The number of hydrogen-bond donors (Lipinski definition) is 2. The Balaban J connectivity index is 1.47. The van der Waals surface area contributed by atoms with E-state index in [-0.39, 0.29) is 23.8 Å². The van der Waals surface area contributed by atoms with Gasteiger partial charge in [-0.05, 0) is 62.9 Å². The summed E-state index contributed by atoms with van der Waals surface area (Å²) < 4.78 is 5.78. The fraction of sp³-hybridized carbons (Fsp3) is 0.579. The molecule has 1 heterocycles. The Kier molecular flexibility index (Phi) is 6.04. The number of amides is 2. The summed E-state index contributed by atoms with van der Waals surface area (Å²) in [5.74, 6) is 0.297. The fourth-order valence-corrected chi connectivity index (χ4v) is 3.03. The number of carbonyl (C=O) groups excluding carboxylic acids is 2. The van der Waals surface area contributed by atoms with Crippen LogP contribution in [0.5, 0.6) is 0 Å². The summed E-state index contributed by atoms with van der Waals surface area (Å²) in [6.07, 6.45) is 4.80. The predicted molar refractivity (Wildman–Crippen MR) is 96.3 cm³/mol. The average molecular weight is 345 g/mol. The number of benzene rings is 1. The van der Waals surface area contributed by atoms with Crippen LogP contribution in [-0.2, 0) is 9.53 Å². The number of ether oxygens (including phenoxy) is 1. The molecule has 0 atom stereocenters. The third-order valence-electron chi connectivity index (χ3n) is 4.78. The summed E-state index contributed by atoms with van der Waals surface area (Å²) in [6.45, 7) is 2.77. The first-order valence-corrected chi connectivity index (χ1v) is 9.19. The van der Waals surface area contributed by atoms with Crippen molar-refractivity contribution in [3.63, 3.8) is 0 Å². The van der Waals surface area contributed by atoms with Crippen LogP contribution in [0.1, 0.15) is 42.5 Å². The highest BCUT2D eigenvalue weighted by Crippen LogP contribution is 2.30. The summed E-state index contributed by atoms with van der Waals surface area (Å²) in [5.41, 5.74) is 6.88. The van der Waals surface area contributed by atoms with E-state index in [0.29, 0.717) is 31.8 Å². The topological polar surface area (TPSA) is 84.7 Å². The van der Waals surface area contributed by atoms with Crippen molar-refractivity contribution in [1.82, 2.24) is 4.90 Å². The lowest BCUT2D eigenvalue weighted by atomic mass is 10.1.